The predicted molar refractivity (Wildman–Crippen MR) is 222 cm³/mol. The molecule has 0 aliphatic carbocycles. The second-order valence-corrected chi connectivity index (χ2v) is 15.3. The van der Waals surface area contributed by atoms with Crippen LogP contribution in [0.5, 0.6) is 0 Å². The molecule has 2 N–H and O–H groups in total. The summed E-state index contributed by atoms with van der Waals surface area (Å²) in [6.07, 6.45) is 50.1. The van der Waals surface area contributed by atoms with E-state index in [1.165, 1.54) is 141 Å². The summed E-state index contributed by atoms with van der Waals surface area (Å²) in [4.78, 5) is 35.1. The monoisotopic (exact) mass is 732 g/mol. The van der Waals surface area contributed by atoms with E-state index in [4.69, 9.17) is 9.84 Å². The summed E-state index contributed by atoms with van der Waals surface area (Å²) in [5.74, 6) is -1.23. The number of hydrogen-bond acceptors (Lipinski definition) is 4. The Morgan fingerprint density at radius 3 is 1.35 bits per heavy atom. The van der Waals surface area contributed by atoms with Gasteiger partial charge in [-0.2, -0.15) is 0 Å². The second-order valence-electron chi connectivity index (χ2n) is 15.3. The van der Waals surface area contributed by atoms with E-state index < -0.39 is 5.97 Å². The molecule has 0 saturated heterocycles. The molecule has 0 aromatic carbocycles. The number of carboxylic acid groups (broad SMARTS) is 1. The molecule has 0 radical (unpaired) electrons. The van der Waals surface area contributed by atoms with Crippen LogP contribution < -0.4 is 5.32 Å². The summed E-state index contributed by atoms with van der Waals surface area (Å²) in [6, 6.07) is 0. The van der Waals surface area contributed by atoms with Crippen molar-refractivity contribution in [3.8, 4) is 0 Å². The maximum Gasteiger partial charge on any atom is 0.322 e. The number of hydrogen-bond donors (Lipinski definition) is 2. The average Bonchev–Trinajstić information content (AvgIpc) is 3.13. The van der Waals surface area contributed by atoms with E-state index in [0.717, 1.165) is 70.6 Å². The first kappa shape index (κ1) is 49.9. The van der Waals surface area contributed by atoms with Crippen molar-refractivity contribution in [2.75, 3.05) is 6.54 Å². The van der Waals surface area contributed by atoms with Crippen molar-refractivity contribution in [3.63, 3.8) is 0 Å². The Morgan fingerprint density at radius 2 is 0.885 bits per heavy atom. The maximum absolute atomic E-state index is 12.8. The SMILES string of the molecule is CCCCCC/C=C\C/C=C\CCCCCCCCCC(=O)OC(CCCCCCCCCCCCCC)CCCCCCCC(=O)NCC(=O)O. The molecular weight excluding hydrogens is 647 g/mol. The molecule has 0 fully saturated rings. The van der Waals surface area contributed by atoms with Crippen LogP contribution in [0.4, 0.5) is 0 Å². The number of aliphatic carboxylic acids is 1. The van der Waals surface area contributed by atoms with Gasteiger partial charge in [0.15, 0.2) is 0 Å². The Balaban J connectivity index is 4.12. The van der Waals surface area contributed by atoms with Crippen LogP contribution in [0.15, 0.2) is 24.3 Å². The van der Waals surface area contributed by atoms with Gasteiger partial charge in [-0.1, -0.05) is 179 Å². The fraction of sp³-hybridized carbons (Fsp3) is 0.848. The topological polar surface area (TPSA) is 92.7 Å². The summed E-state index contributed by atoms with van der Waals surface area (Å²) in [6.45, 7) is 4.22. The van der Waals surface area contributed by atoms with Gasteiger partial charge in [-0.15, -0.1) is 0 Å². The Hall–Kier alpha value is -2.11. The van der Waals surface area contributed by atoms with E-state index in [1.807, 2.05) is 0 Å². The molecule has 52 heavy (non-hydrogen) atoms. The number of carbonyl (C=O) groups is 3. The second kappa shape index (κ2) is 41.6. The largest absolute Gasteiger partial charge is 0.480 e. The van der Waals surface area contributed by atoms with Crippen molar-refractivity contribution in [1.82, 2.24) is 5.32 Å². The van der Waals surface area contributed by atoms with Crippen LogP contribution in [0.25, 0.3) is 0 Å². The average molecular weight is 732 g/mol. The molecule has 0 aliphatic rings. The van der Waals surface area contributed by atoms with Crippen molar-refractivity contribution in [2.24, 2.45) is 0 Å². The normalized spacial score (nSPS) is 12.2. The quantitative estimate of drug-likeness (QED) is 0.0371. The highest BCUT2D eigenvalue weighted by Crippen LogP contribution is 2.19. The first-order valence-corrected chi connectivity index (χ1v) is 22.5. The fourth-order valence-electron chi connectivity index (χ4n) is 6.78. The zero-order valence-corrected chi connectivity index (χ0v) is 34.4. The number of unbranched alkanes of at least 4 members (excludes halogenated alkanes) is 26. The number of nitrogens with one attached hydrogen (secondary N) is 1. The zero-order valence-electron chi connectivity index (χ0n) is 34.4. The van der Waals surface area contributed by atoms with Crippen LogP contribution in [0, 0.1) is 0 Å². The summed E-state index contributed by atoms with van der Waals surface area (Å²) in [5, 5.41) is 11.1. The molecule has 0 aliphatic heterocycles. The predicted octanol–water partition coefficient (Wildman–Crippen LogP) is 13.9. The van der Waals surface area contributed by atoms with Crippen LogP contribution in [0.2, 0.25) is 0 Å². The molecule has 0 spiro atoms. The van der Waals surface area contributed by atoms with Crippen LogP contribution in [0.1, 0.15) is 239 Å². The third-order valence-corrected chi connectivity index (χ3v) is 10.1. The van der Waals surface area contributed by atoms with Gasteiger partial charge in [0, 0.05) is 12.8 Å². The Morgan fingerprint density at radius 1 is 0.500 bits per heavy atom. The van der Waals surface area contributed by atoms with Crippen molar-refractivity contribution in [1.29, 1.82) is 0 Å². The molecule has 1 unspecified atom stereocenters. The number of carbonyl (C=O) groups excluding carboxylic acids is 2. The van der Waals surface area contributed by atoms with Crippen LogP contribution >= 0.6 is 0 Å². The van der Waals surface area contributed by atoms with E-state index in [9.17, 15) is 14.4 Å². The summed E-state index contributed by atoms with van der Waals surface area (Å²) in [7, 11) is 0. The van der Waals surface area contributed by atoms with Crippen molar-refractivity contribution < 1.29 is 24.2 Å². The minimum atomic E-state index is -1.01. The third-order valence-electron chi connectivity index (χ3n) is 10.1. The van der Waals surface area contributed by atoms with Gasteiger partial charge in [0.2, 0.25) is 5.91 Å². The van der Waals surface area contributed by atoms with Gasteiger partial charge in [0.05, 0.1) is 0 Å². The summed E-state index contributed by atoms with van der Waals surface area (Å²) >= 11 is 0. The molecule has 0 aromatic rings. The zero-order chi connectivity index (χ0) is 38.0. The molecule has 1 amide bonds. The Kier molecular flexibility index (Phi) is 40.0. The first-order valence-electron chi connectivity index (χ1n) is 22.5. The Labute approximate surface area is 322 Å². The lowest BCUT2D eigenvalue weighted by atomic mass is 10.0. The molecule has 1 atom stereocenters. The third kappa shape index (κ3) is 40.7. The van der Waals surface area contributed by atoms with Gasteiger partial charge in [0.25, 0.3) is 0 Å². The highest BCUT2D eigenvalue weighted by atomic mass is 16.5. The van der Waals surface area contributed by atoms with E-state index in [1.54, 1.807) is 0 Å². The molecule has 0 bridgehead atoms. The van der Waals surface area contributed by atoms with Gasteiger partial charge in [0.1, 0.15) is 12.6 Å². The number of carboxylic acids is 1. The van der Waals surface area contributed by atoms with Gasteiger partial charge in [-0.3, -0.25) is 14.4 Å². The lowest BCUT2D eigenvalue weighted by molar-refractivity contribution is -0.150. The standard InChI is InChI=1S/C46H85NO5/c1-3-5-7-9-11-13-15-17-18-19-20-21-22-24-26-28-33-37-41-46(51)52-43(38-34-30-27-25-23-16-14-12-10-8-6-4-2)39-35-31-29-32-36-40-44(48)47-42-45(49)50/h13,15,18-19,43H,3-12,14,16-17,20-42H2,1-2H3,(H,47,48)(H,49,50)/b15-13-,19-18-. The number of ether oxygens (including phenoxy) is 1. The van der Waals surface area contributed by atoms with Crippen molar-refractivity contribution >= 4 is 17.8 Å². The van der Waals surface area contributed by atoms with Crippen molar-refractivity contribution in [3.05, 3.63) is 24.3 Å². The molecule has 6 nitrogen and oxygen atoms in total. The minimum Gasteiger partial charge on any atom is -0.480 e. The lowest BCUT2D eigenvalue weighted by Gasteiger charge is -2.18. The number of amides is 1. The fourth-order valence-corrected chi connectivity index (χ4v) is 6.78. The van der Waals surface area contributed by atoms with Crippen LogP contribution in [-0.4, -0.2) is 35.6 Å². The molecule has 0 aromatic heterocycles. The molecule has 0 heterocycles. The molecular formula is C46H85NO5. The van der Waals surface area contributed by atoms with E-state index in [2.05, 4.69) is 43.5 Å². The van der Waals surface area contributed by atoms with E-state index >= 15 is 0 Å². The van der Waals surface area contributed by atoms with E-state index in [-0.39, 0.29) is 24.5 Å². The lowest BCUT2D eigenvalue weighted by Crippen LogP contribution is -2.28. The summed E-state index contributed by atoms with van der Waals surface area (Å²) < 4.78 is 6.04. The van der Waals surface area contributed by atoms with Gasteiger partial charge in [-0.05, 0) is 70.6 Å². The number of esters is 1. The summed E-state index contributed by atoms with van der Waals surface area (Å²) in [5.41, 5.74) is 0. The molecule has 0 saturated carbocycles. The highest BCUT2D eigenvalue weighted by molar-refractivity contribution is 5.80. The molecule has 0 rings (SSSR count). The van der Waals surface area contributed by atoms with Gasteiger partial charge in [-0.25, -0.2) is 0 Å². The highest BCUT2D eigenvalue weighted by Gasteiger charge is 2.14. The van der Waals surface area contributed by atoms with Gasteiger partial charge < -0.3 is 15.2 Å². The molecule has 6 heteroatoms. The first-order chi connectivity index (χ1) is 25.5. The maximum atomic E-state index is 12.8. The van der Waals surface area contributed by atoms with E-state index in [0.29, 0.717) is 12.8 Å². The number of allylic oxidation sites excluding steroid dienone is 4. The smallest absolute Gasteiger partial charge is 0.322 e. The van der Waals surface area contributed by atoms with Gasteiger partial charge >= 0.3 is 11.9 Å². The van der Waals surface area contributed by atoms with Crippen LogP contribution in [-0.2, 0) is 19.1 Å². The number of rotatable bonds is 41. The van der Waals surface area contributed by atoms with Crippen molar-refractivity contribution in [2.45, 2.75) is 245 Å². The van der Waals surface area contributed by atoms with Crippen LogP contribution in [0.3, 0.4) is 0 Å². The minimum absolute atomic E-state index is 0.0190. The molecule has 304 valence electrons. The Bertz CT molecular complexity index is 854.